The first kappa shape index (κ1) is 16.5. The molecule has 1 aliphatic heterocycles. The van der Waals surface area contributed by atoms with Crippen LogP contribution in [0.1, 0.15) is 18.1 Å². The molecule has 0 aliphatic carbocycles. The predicted octanol–water partition coefficient (Wildman–Crippen LogP) is 2.38. The molecule has 4 nitrogen and oxygen atoms in total. The van der Waals surface area contributed by atoms with Gasteiger partial charge >= 0.3 is 0 Å². The van der Waals surface area contributed by atoms with Crippen LogP contribution in [0.2, 0.25) is 0 Å². The molecule has 0 spiro atoms. The van der Waals surface area contributed by atoms with Crippen molar-refractivity contribution in [2.75, 3.05) is 19.6 Å². The van der Waals surface area contributed by atoms with E-state index in [4.69, 9.17) is 4.74 Å². The molecule has 3 rings (SSSR count). The Bertz CT molecular complexity index is 668. The van der Waals surface area contributed by atoms with E-state index in [1.807, 2.05) is 42.5 Å². The van der Waals surface area contributed by atoms with Crippen LogP contribution in [-0.4, -0.2) is 31.6 Å². The number of para-hydroxylation sites is 1. The van der Waals surface area contributed by atoms with E-state index in [9.17, 15) is 4.79 Å². The largest absolute Gasteiger partial charge is 0.481 e. The van der Waals surface area contributed by atoms with Gasteiger partial charge in [0, 0.05) is 32.0 Å². The van der Waals surface area contributed by atoms with E-state index in [-0.39, 0.29) is 5.91 Å². The van der Waals surface area contributed by atoms with E-state index >= 15 is 0 Å². The van der Waals surface area contributed by atoms with Crippen molar-refractivity contribution in [2.24, 2.45) is 5.92 Å². The summed E-state index contributed by atoms with van der Waals surface area (Å²) in [7, 11) is 0. The molecule has 24 heavy (non-hydrogen) atoms. The fourth-order valence-corrected chi connectivity index (χ4v) is 2.71. The lowest BCUT2D eigenvalue weighted by molar-refractivity contribution is -0.127. The molecule has 0 bridgehead atoms. The smallest absolute Gasteiger partial charge is 0.260 e. The van der Waals surface area contributed by atoms with Gasteiger partial charge in [0.1, 0.15) is 5.75 Å². The highest BCUT2D eigenvalue weighted by molar-refractivity contribution is 5.80. The molecule has 0 radical (unpaired) electrons. The number of nitrogens with one attached hydrogen (secondary N) is 2. The third-order valence-electron chi connectivity index (χ3n) is 4.31. The van der Waals surface area contributed by atoms with Crippen LogP contribution < -0.4 is 15.4 Å². The molecule has 2 aromatic rings. The number of rotatable bonds is 7. The molecule has 1 aliphatic rings. The third kappa shape index (κ3) is 4.36. The highest BCUT2D eigenvalue weighted by Crippen LogP contribution is 2.22. The van der Waals surface area contributed by atoms with Gasteiger partial charge in [-0.1, -0.05) is 48.5 Å². The molecule has 2 N–H and O–H groups in total. The molecule has 0 aromatic heterocycles. The van der Waals surface area contributed by atoms with Crippen molar-refractivity contribution >= 4 is 5.91 Å². The zero-order valence-electron chi connectivity index (χ0n) is 14.0. The molecular weight excluding hydrogens is 300 g/mol. The zero-order chi connectivity index (χ0) is 16.8. The number of hydrogen-bond acceptors (Lipinski definition) is 3. The summed E-state index contributed by atoms with van der Waals surface area (Å²) in [5.74, 6) is 1.26. The lowest BCUT2D eigenvalue weighted by Crippen LogP contribution is -2.49. The van der Waals surface area contributed by atoms with Gasteiger partial charge in [-0.15, -0.1) is 0 Å². The molecule has 1 amide bonds. The molecule has 1 fully saturated rings. The minimum absolute atomic E-state index is 0.0589. The van der Waals surface area contributed by atoms with Crippen LogP contribution in [0.15, 0.2) is 54.6 Å². The van der Waals surface area contributed by atoms with Gasteiger partial charge in [0.2, 0.25) is 0 Å². The molecule has 0 saturated carbocycles. The molecule has 1 heterocycles. The number of benzene rings is 2. The van der Waals surface area contributed by atoms with E-state index in [1.54, 1.807) is 6.92 Å². The van der Waals surface area contributed by atoms with E-state index in [1.165, 1.54) is 5.56 Å². The van der Waals surface area contributed by atoms with Gasteiger partial charge < -0.3 is 15.4 Å². The Kier molecular flexibility index (Phi) is 5.49. The van der Waals surface area contributed by atoms with Crippen LogP contribution in [0.5, 0.6) is 5.75 Å². The number of amides is 1. The number of carbonyl (C=O) groups is 1. The fraction of sp³-hybridized carbons (Fsp3) is 0.350. The maximum Gasteiger partial charge on any atom is 0.260 e. The first-order chi connectivity index (χ1) is 11.7. The lowest BCUT2D eigenvalue weighted by Gasteiger charge is -2.27. The van der Waals surface area contributed by atoms with Gasteiger partial charge in [-0.2, -0.15) is 0 Å². The zero-order valence-corrected chi connectivity index (χ0v) is 14.0. The van der Waals surface area contributed by atoms with E-state index in [0.717, 1.165) is 30.8 Å². The van der Waals surface area contributed by atoms with Gasteiger partial charge in [0.15, 0.2) is 6.10 Å². The SMILES string of the molecule is CC(Oc1ccccc1Cc1ccccc1)C(=O)NCC1CNC1. The standard InChI is InChI=1S/C20H24N2O2/c1-15(20(23)22-14-17-12-21-13-17)24-19-10-6-5-9-18(19)11-16-7-3-2-4-8-16/h2-10,15,17,21H,11-14H2,1H3,(H,22,23). The van der Waals surface area contributed by atoms with Gasteiger partial charge in [-0.05, 0) is 24.1 Å². The molecule has 126 valence electrons. The first-order valence-electron chi connectivity index (χ1n) is 8.49. The summed E-state index contributed by atoms with van der Waals surface area (Å²) in [6, 6.07) is 18.2. The summed E-state index contributed by atoms with van der Waals surface area (Å²) in [4.78, 5) is 12.2. The summed E-state index contributed by atoms with van der Waals surface area (Å²) in [6.07, 6.45) is 0.286. The van der Waals surface area contributed by atoms with Crippen molar-refractivity contribution in [1.29, 1.82) is 0 Å². The number of hydrogen-bond donors (Lipinski definition) is 2. The Morgan fingerprint density at radius 3 is 2.58 bits per heavy atom. The second kappa shape index (κ2) is 7.97. The molecule has 2 aromatic carbocycles. The van der Waals surface area contributed by atoms with Gasteiger partial charge in [0.05, 0.1) is 0 Å². The average Bonchev–Trinajstić information content (AvgIpc) is 2.56. The van der Waals surface area contributed by atoms with Gasteiger partial charge in [-0.3, -0.25) is 4.79 Å². The minimum atomic E-state index is -0.505. The second-order valence-corrected chi connectivity index (χ2v) is 6.30. The first-order valence-corrected chi connectivity index (χ1v) is 8.49. The Balaban J connectivity index is 1.60. The topological polar surface area (TPSA) is 50.4 Å². The minimum Gasteiger partial charge on any atom is -0.481 e. The molecule has 4 heteroatoms. The normalized spacial score (nSPS) is 15.4. The van der Waals surface area contributed by atoms with E-state index in [0.29, 0.717) is 12.5 Å². The summed E-state index contributed by atoms with van der Waals surface area (Å²) in [5.41, 5.74) is 2.31. The van der Waals surface area contributed by atoms with Crippen LogP contribution >= 0.6 is 0 Å². The summed E-state index contributed by atoms with van der Waals surface area (Å²) in [5, 5.41) is 6.17. The van der Waals surface area contributed by atoms with Crippen molar-refractivity contribution < 1.29 is 9.53 Å². The maximum absolute atomic E-state index is 12.2. The van der Waals surface area contributed by atoms with Crippen LogP contribution in [-0.2, 0) is 11.2 Å². The monoisotopic (exact) mass is 324 g/mol. The second-order valence-electron chi connectivity index (χ2n) is 6.30. The molecule has 1 atom stereocenters. The van der Waals surface area contributed by atoms with Crippen molar-refractivity contribution in [3.8, 4) is 5.75 Å². The van der Waals surface area contributed by atoms with Crippen LogP contribution in [0, 0.1) is 5.92 Å². The van der Waals surface area contributed by atoms with Crippen molar-refractivity contribution in [2.45, 2.75) is 19.4 Å². The van der Waals surface area contributed by atoms with Crippen LogP contribution in [0.4, 0.5) is 0 Å². The number of carbonyl (C=O) groups excluding carboxylic acids is 1. The number of ether oxygens (including phenoxy) is 1. The van der Waals surface area contributed by atoms with Crippen LogP contribution in [0.25, 0.3) is 0 Å². The Hall–Kier alpha value is -2.33. The highest BCUT2D eigenvalue weighted by Gasteiger charge is 2.20. The van der Waals surface area contributed by atoms with Gasteiger partial charge in [-0.25, -0.2) is 0 Å². The molecule has 1 unspecified atom stereocenters. The fourth-order valence-electron chi connectivity index (χ4n) is 2.71. The molecule has 1 saturated heterocycles. The van der Waals surface area contributed by atoms with Crippen molar-refractivity contribution in [1.82, 2.24) is 10.6 Å². The Morgan fingerprint density at radius 2 is 1.88 bits per heavy atom. The van der Waals surface area contributed by atoms with E-state index in [2.05, 4.69) is 22.8 Å². The quantitative estimate of drug-likeness (QED) is 0.822. The lowest BCUT2D eigenvalue weighted by atomic mass is 10.0. The summed E-state index contributed by atoms with van der Waals surface area (Å²) >= 11 is 0. The Labute approximate surface area is 143 Å². The van der Waals surface area contributed by atoms with Crippen molar-refractivity contribution in [3.05, 3.63) is 65.7 Å². The Morgan fingerprint density at radius 1 is 1.17 bits per heavy atom. The van der Waals surface area contributed by atoms with Crippen molar-refractivity contribution in [3.63, 3.8) is 0 Å². The predicted molar refractivity (Wildman–Crippen MR) is 95.1 cm³/mol. The molecular formula is C20H24N2O2. The van der Waals surface area contributed by atoms with E-state index < -0.39 is 6.10 Å². The average molecular weight is 324 g/mol. The van der Waals surface area contributed by atoms with Gasteiger partial charge in [0.25, 0.3) is 5.91 Å². The summed E-state index contributed by atoms with van der Waals surface area (Å²) in [6.45, 7) is 4.48. The maximum atomic E-state index is 12.2. The highest BCUT2D eigenvalue weighted by atomic mass is 16.5. The van der Waals surface area contributed by atoms with Crippen LogP contribution in [0.3, 0.4) is 0 Å². The third-order valence-corrected chi connectivity index (χ3v) is 4.31. The summed E-state index contributed by atoms with van der Waals surface area (Å²) < 4.78 is 5.94.